The molecule has 4 nitrogen and oxygen atoms in total. The highest BCUT2D eigenvalue weighted by atomic mass is 16.5. The Morgan fingerprint density at radius 1 is 1.14 bits per heavy atom. The first-order valence-corrected chi connectivity index (χ1v) is 7.62. The molecule has 0 radical (unpaired) electrons. The standard InChI is InChI=1S/C17H25N3O/c1-4-20-10-9-16(19-20)12-18-11-15-5-7-17(8-6-15)21-13-14(2)3/h5-10,14,18H,4,11-13H2,1-3H3. The van der Waals surface area contributed by atoms with Crippen LogP contribution in [0.4, 0.5) is 0 Å². The third kappa shape index (κ3) is 5.23. The van der Waals surface area contributed by atoms with E-state index in [1.807, 2.05) is 23.0 Å². The van der Waals surface area contributed by atoms with E-state index in [0.717, 1.165) is 37.7 Å². The van der Waals surface area contributed by atoms with Gasteiger partial charge in [0.15, 0.2) is 0 Å². The second-order valence-corrected chi connectivity index (χ2v) is 5.62. The van der Waals surface area contributed by atoms with Crippen molar-refractivity contribution in [2.45, 2.75) is 40.4 Å². The van der Waals surface area contributed by atoms with Gasteiger partial charge in [0.25, 0.3) is 0 Å². The van der Waals surface area contributed by atoms with Crippen LogP contribution in [0.3, 0.4) is 0 Å². The molecule has 0 amide bonds. The van der Waals surface area contributed by atoms with Crippen molar-refractivity contribution in [3.05, 3.63) is 47.8 Å². The molecule has 1 heterocycles. The van der Waals surface area contributed by atoms with Gasteiger partial charge in [-0.15, -0.1) is 0 Å². The molecule has 2 rings (SSSR count). The molecule has 0 aliphatic carbocycles. The Hall–Kier alpha value is -1.81. The van der Waals surface area contributed by atoms with Crippen LogP contribution in [0.15, 0.2) is 36.5 Å². The average molecular weight is 287 g/mol. The Morgan fingerprint density at radius 3 is 2.52 bits per heavy atom. The number of nitrogens with one attached hydrogen (secondary N) is 1. The summed E-state index contributed by atoms with van der Waals surface area (Å²) in [4.78, 5) is 0. The predicted octanol–water partition coefficient (Wildman–Crippen LogP) is 3.23. The van der Waals surface area contributed by atoms with Gasteiger partial charge in [-0.3, -0.25) is 4.68 Å². The Kier molecular flexibility index (Phi) is 5.81. The highest BCUT2D eigenvalue weighted by Crippen LogP contribution is 2.13. The molecule has 0 aliphatic heterocycles. The highest BCUT2D eigenvalue weighted by Gasteiger charge is 2.00. The second kappa shape index (κ2) is 7.84. The molecule has 1 aromatic carbocycles. The van der Waals surface area contributed by atoms with Crippen LogP contribution in [-0.2, 0) is 19.6 Å². The van der Waals surface area contributed by atoms with E-state index in [-0.39, 0.29) is 0 Å². The summed E-state index contributed by atoms with van der Waals surface area (Å²) >= 11 is 0. The number of benzene rings is 1. The van der Waals surface area contributed by atoms with Crippen LogP contribution in [0.1, 0.15) is 32.0 Å². The van der Waals surface area contributed by atoms with E-state index < -0.39 is 0 Å². The van der Waals surface area contributed by atoms with Gasteiger partial charge < -0.3 is 10.1 Å². The van der Waals surface area contributed by atoms with Crippen LogP contribution in [-0.4, -0.2) is 16.4 Å². The normalized spacial score (nSPS) is 11.0. The summed E-state index contributed by atoms with van der Waals surface area (Å²) < 4.78 is 7.62. The van der Waals surface area contributed by atoms with Crippen LogP contribution in [0.5, 0.6) is 5.75 Å². The van der Waals surface area contributed by atoms with E-state index in [9.17, 15) is 0 Å². The number of hydrogen-bond donors (Lipinski definition) is 1. The Balaban J connectivity index is 1.75. The summed E-state index contributed by atoms with van der Waals surface area (Å²) in [6.45, 7) is 9.70. The molecular weight excluding hydrogens is 262 g/mol. The molecule has 1 aromatic heterocycles. The molecule has 2 aromatic rings. The summed E-state index contributed by atoms with van der Waals surface area (Å²) in [6.07, 6.45) is 2.01. The predicted molar refractivity (Wildman–Crippen MR) is 85.2 cm³/mol. The summed E-state index contributed by atoms with van der Waals surface area (Å²) in [6, 6.07) is 10.3. The number of aryl methyl sites for hydroxylation is 1. The molecule has 4 heteroatoms. The van der Waals surface area contributed by atoms with Gasteiger partial charge in [-0.1, -0.05) is 26.0 Å². The lowest BCUT2D eigenvalue weighted by atomic mass is 10.2. The fraction of sp³-hybridized carbons (Fsp3) is 0.471. The van der Waals surface area contributed by atoms with Gasteiger partial charge in [0.1, 0.15) is 5.75 Å². The zero-order valence-electron chi connectivity index (χ0n) is 13.2. The molecular formula is C17H25N3O. The van der Waals surface area contributed by atoms with E-state index >= 15 is 0 Å². The van der Waals surface area contributed by atoms with E-state index in [2.05, 4.69) is 49.4 Å². The summed E-state index contributed by atoms with van der Waals surface area (Å²) in [5.41, 5.74) is 2.33. The fourth-order valence-electron chi connectivity index (χ4n) is 1.98. The number of nitrogens with zero attached hydrogens (tertiary/aromatic N) is 2. The maximum Gasteiger partial charge on any atom is 0.119 e. The third-order valence-electron chi connectivity index (χ3n) is 3.16. The zero-order chi connectivity index (χ0) is 15.1. The minimum atomic E-state index is 0.550. The molecule has 0 atom stereocenters. The quantitative estimate of drug-likeness (QED) is 0.810. The number of ether oxygens (including phenoxy) is 1. The van der Waals surface area contributed by atoms with Crippen molar-refractivity contribution in [2.75, 3.05) is 6.61 Å². The lowest BCUT2D eigenvalue weighted by molar-refractivity contribution is 0.271. The summed E-state index contributed by atoms with van der Waals surface area (Å²) in [5.74, 6) is 1.49. The molecule has 0 unspecified atom stereocenters. The van der Waals surface area contributed by atoms with E-state index in [1.165, 1.54) is 5.56 Å². The van der Waals surface area contributed by atoms with Crippen molar-refractivity contribution in [2.24, 2.45) is 5.92 Å². The molecule has 0 aliphatic rings. The molecule has 1 N–H and O–H groups in total. The Morgan fingerprint density at radius 2 is 1.90 bits per heavy atom. The first kappa shape index (κ1) is 15.6. The van der Waals surface area contributed by atoms with Gasteiger partial charge >= 0.3 is 0 Å². The largest absolute Gasteiger partial charge is 0.493 e. The van der Waals surface area contributed by atoms with Crippen LogP contribution in [0.2, 0.25) is 0 Å². The maximum atomic E-state index is 5.68. The molecule has 0 saturated heterocycles. The topological polar surface area (TPSA) is 39.1 Å². The van der Waals surface area contributed by atoms with Crippen molar-refractivity contribution < 1.29 is 4.74 Å². The summed E-state index contributed by atoms with van der Waals surface area (Å²) in [7, 11) is 0. The molecule has 0 fully saturated rings. The first-order chi connectivity index (χ1) is 10.2. The molecule has 114 valence electrons. The average Bonchev–Trinajstić information content (AvgIpc) is 2.94. The highest BCUT2D eigenvalue weighted by molar-refractivity contribution is 5.27. The van der Waals surface area contributed by atoms with Gasteiger partial charge in [-0.2, -0.15) is 5.10 Å². The van der Waals surface area contributed by atoms with Gasteiger partial charge in [0, 0.05) is 25.8 Å². The lowest BCUT2D eigenvalue weighted by Crippen LogP contribution is -2.13. The molecule has 0 spiro atoms. The lowest BCUT2D eigenvalue weighted by Gasteiger charge is -2.09. The monoisotopic (exact) mass is 287 g/mol. The third-order valence-corrected chi connectivity index (χ3v) is 3.16. The minimum Gasteiger partial charge on any atom is -0.493 e. The van der Waals surface area contributed by atoms with Crippen LogP contribution >= 0.6 is 0 Å². The fourth-order valence-corrected chi connectivity index (χ4v) is 1.98. The van der Waals surface area contributed by atoms with Gasteiger partial charge in [-0.05, 0) is 36.6 Å². The number of rotatable bonds is 8. The molecule has 21 heavy (non-hydrogen) atoms. The van der Waals surface area contributed by atoms with E-state index in [4.69, 9.17) is 4.74 Å². The smallest absolute Gasteiger partial charge is 0.119 e. The summed E-state index contributed by atoms with van der Waals surface area (Å²) in [5, 5.41) is 7.86. The van der Waals surface area contributed by atoms with Crippen LogP contribution in [0, 0.1) is 5.92 Å². The van der Waals surface area contributed by atoms with E-state index in [0.29, 0.717) is 5.92 Å². The van der Waals surface area contributed by atoms with Crippen LogP contribution in [0.25, 0.3) is 0 Å². The second-order valence-electron chi connectivity index (χ2n) is 5.62. The molecule has 0 saturated carbocycles. The molecule has 0 bridgehead atoms. The number of aromatic nitrogens is 2. The SMILES string of the molecule is CCn1ccc(CNCc2ccc(OCC(C)C)cc2)n1. The van der Waals surface area contributed by atoms with Gasteiger partial charge in [0.05, 0.1) is 12.3 Å². The van der Waals surface area contributed by atoms with Gasteiger partial charge in [0.2, 0.25) is 0 Å². The minimum absolute atomic E-state index is 0.550. The Bertz CT molecular complexity index is 531. The Labute approximate surface area is 127 Å². The number of hydrogen-bond acceptors (Lipinski definition) is 3. The van der Waals surface area contributed by atoms with Crippen molar-refractivity contribution >= 4 is 0 Å². The first-order valence-electron chi connectivity index (χ1n) is 7.62. The maximum absolute atomic E-state index is 5.68. The van der Waals surface area contributed by atoms with Crippen LogP contribution < -0.4 is 10.1 Å². The van der Waals surface area contributed by atoms with Crippen molar-refractivity contribution in [3.8, 4) is 5.75 Å². The zero-order valence-corrected chi connectivity index (χ0v) is 13.2. The van der Waals surface area contributed by atoms with Crippen molar-refractivity contribution in [3.63, 3.8) is 0 Å². The van der Waals surface area contributed by atoms with Crippen molar-refractivity contribution in [1.82, 2.24) is 15.1 Å². The van der Waals surface area contributed by atoms with Crippen molar-refractivity contribution in [1.29, 1.82) is 0 Å². The van der Waals surface area contributed by atoms with Gasteiger partial charge in [-0.25, -0.2) is 0 Å². The van der Waals surface area contributed by atoms with E-state index in [1.54, 1.807) is 0 Å².